The van der Waals surface area contributed by atoms with Gasteiger partial charge in [0.25, 0.3) is 0 Å². The Labute approximate surface area is 111 Å². The molecule has 0 saturated heterocycles. The molecule has 1 aliphatic rings. The topological polar surface area (TPSA) is 43.6 Å². The number of nitrogens with zero attached hydrogens (tertiary/aromatic N) is 4. The lowest BCUT2D eigenvalue weighted by molar-refractivity contribution is 0.414. The van der Waals surface area contributed by atoms with Crippen molar-refractivity contribution in [1.82, 2.24) is 19.7 Å². The van der Waals surface area contributed by atoms with Crippen molar-refractivity contribution in [3.8, 4) is 0 Å². The van der Waals surface area contributed by atoms with Gasteiger partial charge in [-0.25, -0.2) is 14.6 Å². The molecule has 2 aromatic heterocycles. The van der Waals surface area contributed by atoms with E-state index in [2.05, 4.69) is 19.7 Å². The van der Waals surface area contributed by atoms with E-state index < -0.39 is 0 Å². The van der Waals surface area contributed by atoms with Gasteiger partial charge in [-0.05, 0) is 19.8 Å². The zero-order valence-electron chi connectivity index (χ0n) is 10.6. The van der Waals surface area contributed by atoms with E-state index in [1.54, 1.807) is 6.20 Å². The molecule has 2 aromatic rings. The summed E-state index contributed by atoms with van der Waals surface area (Å²) in [7, 11) is 0. The number of halogens is 1. The molecule has 0 aliphatic heterocycles. The molecule has 96 valence electrons. The van der Waals surface area contributed by atoms with Crippen LogP contribution in [0.5, 0.6) is 0 Å². The number of fused-ring (bicyclic) bond motifs is 1. The van der Waals surface area contributed by atoms with Crippen molar-refractivity contribution in [2.24, 2.45) is 0 Å². The van der Waals surface area contributed by atoms with Crippen LogP contribution in [-0.2, 0) is 0 Å². The summed E-state index contributed by atoms with van der Waals surface area (Å²) in [4.78, 5) is 8.69. The van der Waals surface area contributed by atoms with Crippen molar-refractivity contribution in [1.29, 1.82) is 0 Å². The van der Waals surface area contributed by atoms with Gasteiger partial charge in [0.1, 0.15) is 11.0 Å². The molecule has 18 heavy (non-hydrogen) atoms. The van der Waals surface area contributed by atoms with Crippen LogP contribution in [0.3, 0.4) is 0 Å². The maximum absolute atomic E-state index is 6.14. The molecule has 0 amide bonds. The number of aromatic nitrogens is 4. The van der Waals surface area contributed by atoms with Gasteiger partial charge in [0.2, 0.25) is 0 Å². The fraction of sp³-hybridized carbons (Fsp3) is 0.615. The maximum Gasteiger partial charge on any atom is 0.163 e. The second kappa shape index (κ2) is 4.84. The summed E-state index contributed by atoms with van der Waals surface area (Å²) in [6.07, 6.45) is 9.42. The molecule has 1 aliphatic carbocycles. The van der Waals surface area contributed by atoms with E-state index in [4.69, 9.17) is 11.6 Å². The Kier molecular flexibility index (Phi) is 3.20. The minimum atomic E-state index is 0.468. The number of hydrogen-bond donors (Lipinski definition) is 0. The molecular weight excluding hydrogens is 248 g/mol. The maximum atomic E-state index is 6.14. The Balaban J connectivity index is 2.05. The predicted octanol–water partition coefficient (Wildman–Crippen LogP) is 3.68. The van der Waals surface area contributed by atoms with Crippen LogP contribution in [0.4, 0.5) is 0 Å². The molecule has 0 N–H and O–H groups in total. The van der Waals surface area contributed by atoms with Crippen molar-refractivity contribution in [3.63, 3.8) is 0 Å². The average Bonchev–Trinajstić information content (AvgIpc) is 2.59. The van der Waals surface area contributed by atoms with Gasteiger partial charge in [0.15, 0.2) is 5.65 Å². The van der Waals surface area contributed by atoms with Gasteiger partial charge in [-0.15, -0.1) is 0 Å². The SMILES string of the molecule is Cc1nc(Cl)c2cnn(C3CCCCCC3)c2n1. The molecule has 5 heteroatoms. The van der Waals surface area contributed by atoms with Crippen LogP contribution in [0.1, 0.15) is 50.4 Å². The Morgan fingerprint density at radius 2 is 1.89 bits per heavy atom. The summed E-state index contributed by atoms with van der Waals surface area (Å²) in [5.41, 5.74) is 0.888. The second-order valence-corrected chi connectivity index (χ2v) is 5.39. The third-order valence-electron chi connectivity index (χ3n) is 3.69. The highest BCUT2D eigenvalue weighted by Crippen LogP contribution is 2.30. The van der Waals surface area contributed by atoms with Crippen molar-refractivity contribution < 1.29 is 0 Å². The molecule has 0 aromatic carbocycles. The number of aryl methyl sites for hydroxylation is 1. The van der Waals surface area contributed by atoms with Gasteiger partial charge in [0, 0.05) is 0 Å². The lowest BCUT2D eigenvalue weighted by Gasteiger charge is -2.15. The summed E-state index contributed by atoms with van der Waals surface area (Å²) < 4.78 is 2.06. The molecule has 0 unspecified atom stereocenters. The first-order chi connectivity index (χ1) is 8.75. The predicted molar refractivity (Wildman–Crippen MR) is 71.8 cm³/mol. The molecule has 0 atom stereocenters. The van der Waals surface area contributed by atoms with Crippen molar-refractivity contribution in [2.45, 2.75) is 51.5 Å². The molecular formula is C13H17ClN4. The summed E-state index contributed by atoms with van der Waals surface area (Å²) in [5, 5.41) is 5.87. The molecule has 3 rings (SSSR count). The summed E-state index contributed by atoms with van der Waals surface area (Å²) in [6.45, 7) is 1.87. The van der Waals surface area contributed by atoms with E-state index in [1.807, 2.05) is 6.92 Å². The molecule has 4 nitrogen and oxygen atoms in total. The smallest absolute Gasteiger partial charge is 0.163 e. The van der Waals surface area contributed by atoms with Gasteiger partial charge >= 0.3 is 0 Å². The third-order valence-corrected chi connectivity index (χ3v) is 3.98. The van der Waals surface area contributed by atoms with E-state index in [1.165, 1.54) is 38.5 Å². The van der Waals surface area contributed by atoms with Crippen LogP contribution in [-0.4, -0.2) is 19.7 Å². The quantitative estimate of drug-likeness (QED) is 0.583. The monoisotopic (exact) mass is 264 g/mol. The highest BCUT2D eigenvalue weighted by atomic mass is 35.5. The van der Waals surface area contributed by atoms with Gasteiger partial charge in [-0.1, -0.05) is 37.3 Å². The molecule has 1 saturated carbocycles. The van der Waals surface area contributed by atoms with Crippen LogP contribution in [0.25, 0.3) is 11.0 Å². The normalized spacial score (nSPS) is 18.1. The summed E-state index contributed by atoms with van der Waals surface area (Å²) >= 11 is 6.14. The van der Waals surface area contributed by atoms with Gasteiger partial charge < -0.3 is 0 Å². The molecule has 0 radical (unpaired) electrons. The lowest BCUT2D eigenvalue weighted by Crippen LogP contribution is -2.10. The van der Waals surface area contributed by atoms with Crippen LogP contribution >= 0.6 is 11.6 Å². The van der Waals surface area contributed by atoms with E-state index >= 15 is 0 Å². The van der Waals surface area contributed by atoms with Crippen molar-refractivity contribution in [2.75, 3.05) is 0 Å². The minimum absolute atomic E-state index is 0.468. The van der Waals surface area contributed by atoms with Gasteiger partial charge in [-0.2, -0.15) is 5.10 Å². The van der Waals surface area contributed by atoms with Crippen LogP contribution in [0.15, 0.2) is 6.20 Å². The second-order valence-electron chi connectivity index (χ2n) is 5.03. The van der Waals surface area contributed by atoms with Crippen LogP contribution in [0, 0.1) is 6.92 Å². The van der Waals surface area contributed by atoms with Crippen molar-refractivity contribution in [3.05, 3.63) is 17.2 Å². The highest BCUT2D eigenvalue weighted by molar-refractivity contribution is 6.33. The zero-order chi connectivity index (χ0) is 12.5. The lowest BCUT2D eigenvalue weighted by atomic mass is 10.1. The number of rotatable bonds is 1. The Hall–Kier alpha value is -1.16. The first kappa shape index (κ1) is 11.9. The Bertz CT molecular complexity index is 555. The standard InChI is InChI=1S/C13H17ClN4/c1-9-16-12(14)11-8-15-18(13(11)17-9)10-6-4-2-3-5-7-10/h8,10H,2-7H2,1H3. The average molecular weight is 265 g/mol. The Morgan fingerprint density at radius 1 is 1.17 bits per heavy atom. The first-order valence-electron chi connectivity index (χ1n) is 6.63. The largest absolute Gasteiger partial charge is 0.244 e. The molecule has 0 bridgehead atoms. The van der Waals surface area contributed by atoms with Crippen LogP contribution in [0.2, 0.25) is 5.15 Å². The number of hydrogen-bond acceptors (Lipinski definition) is 3. The Morgan fingerprint density at radius 3 is 2.61 bits per heavy atom. The highest BCUT2D eigenvalue weighted by Gasteiger charge is 2.19. The molecule has 2 heterocycles. The van der Waals surface area contributed by atoms with Crippen molar-refractivity contribution >= 4 is 22.6 Å². The fourth-order valence-corrected chi connectivity index (χ4v) is 3.02. The summed E-state index contributed by atoms with van der Waals surface area (Å²) in [6, 6.07) is 0.468. The third kappa shape index (κ3) is 2.09. The first-order valence-corrected chi connectivity index (χ1v) is 7.01. The van der Waals surface area contributed by atoms with E-state index in [-0.39, 0.29) is 0 Å². The molecule has 0 spiro atoms. The van der Waals surface area contributed by atoms with E-state index in [0.717, 1.165) is 11.0 Å². The minimum Gasteiger partial charge on any atom is -0.244 e. The fourth-order valence-electron chi connectivity index (χ4n) is 2.76. The van der Waals surface area contributed by atoms with E-state index in [9.17, 15) is 0 Å². The molecule has 1 fully saturated rings. The van der Waals surface area contributed by atoms with Gasteiger partial charge in [-0.3, -0.25) is 0 Å². The summed E-state index contributed by atoms with van der Waals surface area (Å²) in [5.74, 6) is 0.711. The van der Waals surface area contributed by atoms with Gasteiger partial charge in [0.05, 0.1) is 17.6 Å². The van der Waals surface area contributed by atoms with E-state index in [0.29, 0.717) is 17.0 Å². The van der Waals surface area contributed by atoms with Crippen LogP contribution < -0.4 is 0 Å². The zero-order valence-corrected chi connectivity index (χ0v) is 11.3.